The van der Waals surface area contributed by atoms with Crippen LogP contribution in [0.1, 0.15) is 5.89 Å². The second-order valence-electron chi connectivity index (χ2n) is 2.60. The molecule has 0 N–H and O–H groups in total. The topological polar surface area (TPSA) is 51.8 Å². The van der Waals surface area contributed by atoms with Gasteiger partial charge in [-0.1, -0.05) is 11.6 Å². The molecule has 0 aliphatic heterocycles. The fourth-order valence-electron chi connectivity index (χ4n) is 0.936. The van der Waals surface area contributed by atoms with Crippen LogP contribution >= 0.6 is 27.5 Å². The van der Waals surface area contributed by atoms with Crippen molar-refractivity contribution in [2.75, 3.05) is 0 Å². The highest BCUT2D eigenvalue weighted by Crippen LogP contribution is 2.24. The maximum Gasteiger partial charge on any atom is 0.266 e. The molecular weight excluding hydrogens is 269 g/mol. The third-order valence-corrected chi connectivity index (χ3v) is 2.70. The highest BCUT2D eigenvalue weighted by atomic mass is 79.9. The summed E-state index contributed by atoms with van der Waals surface area (Å²) in [5.41, 5.74) is 0.568. The van der Waals surface area contributed by atoms with Crippen LogP contribution < -0.4 is 0 Å². The van der Waals surface area contributed by atoms with Crippen LogP contribution in [0.5, 0.6) is 0 Å². The minimum absolute atomic E-state index is 0.372. The number of halogens is 2. The molecule has 2 aromatic rings. The molecule has 4 nitrogen and oxygen atoms in total. The molecule has 0 radical (unpaired) electrons. The second-order valence-corrected chi connectivity index (χ2v) is 3.81. The Morgan fingerprint density at radius 1 is 1.36 bits per heavy atom. The zero-order valence-corrected chi connectivity index (χ0v) is 9.50. The Morgan fingerprint density at radius 2 is 2.14 bits per heavy atom. The molecule has 2 rings (SSSR count). The summed E-state index contributed by atoms with van der Waals surface area (Å²) in [6.45, 7) is 1.72. The lowest BCUT2D eigenvalue weighted by atomic mass is 10.3. The molecule has 72 valence electrons. The fraction of sp³-hybridized carbons (Fsp3) is 0.125. The summed E-state index contributed by atoms with van der Waals surface area (Å²) in [5, 5.41) is 7.91. The van der Waals surface area contributed by atoms with Crippen LogP contribution in [0.25, 0.3) is 11.6 Å². The first-order valence-corrected chi connectivity index (χ1v) is 4.96. The number of hydrogen-bond acceptors (Lipinski definition) is 4. The molecule has 0 atom stereocenters. The van der Waals surface area contributed by atoms with E-state index in [1.165, 1.54) is 0 Å². The molecule has 0 saturated carbocycles. The van der Waals surface area contributed by atoms with Gasteiger partial charge in [0.25, 0.3) is 5.89 Å². The van der Waals surface area contributed by atoms with E-state index in [0.717, 1.165) is 4.47 Å². The Balaban J connectivity index is 2.47. The maximum atomic E-state index is 5.82. The molecule has 0 amide bonds. The van der Waals surface area contributed by atoms with Gasteiger partial charge in [-0.25, -0.2) is 4.98 Å². The molecule has 0 aliphatic carbocycles. The zero-order chi connectivity index (χ0) is 10.1. The first-order valence-electron chi connectivity index (χ1n) is 3.79. The van der Waals surface area contributed by atoms with Gasteiger partial charge in [-0.05, 0) is 28.1 Å². The monoisotopic (exact) mass is 273 g/mol. The average molecular weight is 275 g/mol. The molecule has 2 heterocycles. The van der Waals surface area contributed by atoms with E-state index in [9.17, 15) is 0 Å². The Hall–Kier alpha value is -0.940. The lowest BCUT2D eigenvalue weighted by Gasteiger charge is -1.96. The molecule has 0 aromatic carbocycles. The van der Waals surface area contributed by atoms with Crippen LogP contribution in [0.15, 0.2) is 21.0 Å². The van der Waals surface area contributed by atoms with Gasteiger partial charge in [0.15, 0.2) is 0 Å². The lowest BCUT2D eigenvalue weighted by molar-refractivity contribution is 0.531. The lowest BCUT2D eigenvalue weighted by Crippen LogP contribution is -1.84. The summed E-state index contributed by atoms with van der Waals surface area (Å²) in [6, 6.07) is 3.53. The summed E-state index contributed by atoms with van der Waals surface area (Å²) in [6.07, 6.45) is 0. The van der Waals surface area contributed by atoms with E-state index in [1.54, 1.807) is 19.1 Å². The van der Waals surface area contributed by atoms with Crippen molar-refractivity contribution < 1.29 is 4.42 Å². The Kier molecular flexibility index (Phi) is 2.52. The van der Waals surface area contributed by atoms with E-state index in [2.05, 4.69) is 31.1 Å². The predicted octanol–water partition coefficient (Wildman–Crippen LogP) is 2.86. The third kappa shape index (κ3) is 1.78. The number of aryl methyl sites for hydroxylation is 1. The van der Waals surface area contributed by atoms with E-state index in [-0.39, 0.29) is 0 Å². The molecule has 6 heteroatoms. The molecular formula is C8H5BrClN3O. The maximum absolute atomic E-state index is 5.82. The summed E-state index contributed by atoms with van der Waals surface area (Å²) in [4.78, 5) is 4.08. The van der Waals surface area contributed by atoms with Crippen molar-refractivity contribution in [2.24, 2.45) is 0 Å². The quantitative estimate of drug-likeness (QED) is 0.750. The molecule has 0 unspecified atom stereocenters. The molecule has 0 saturated heterocycles. The summed E-state index contributed by atoms with van der Waals surface area (Å²) < 4.78 is 5.94. The average Bonchev–Trinajstić information content (AvgIpc) is 2.57. The van der Waals surface area contributed by atoms with E-state index in [4.69, 9.17) is 16.0 Å². The predicted molar refractivity (Wildman–Crippen MR) is 55.0 cm³/mol. The zero-order valence-electron chi connectivity index (χ0n) is 7.16. The number of nitrogens with zero attached hydrogens (tertiary/aromatic N) is 3. The fourth-order valence-corrected chi connectivity index (χ4v) is 1.31. The van der Waals surface area contributed by atoms with Crippen LogP contribution in [-0.4, -0.2) is 15.2 Å². The smallest absolute Gasteiger partial charge is 0.266 e. The number of hydrogen-bond donors (Lipinski definition) is 0. The molecule has 0 fully saturated rings. The van der Waals surface area contributed by atoms with Gasteiger partial charge in [0.2, 0.25) is 5.89 Å². The Morgan fingerprint density at radius 3 is 2.71 bits per heavy atom. The normalized spacial score (nSPS) is 10.5. The van der Waals surface area contributed by atoms with Gasteiger partial charge in [-0.15, -0.1) is 10.2 Å². The SMILES string of the molecule is Cc1nnc(-c2ccc(Br)c(Cl)n2)o1. The summed E-state index contributed by atoms with van der Waals surface area (Å²) in [5.74, 6) is 0.873. The van der Waals surface area contributed by atoms with Gasteiger partial charge in [0.05, 0.1) is 4.47 Å². The van der Waals surface area contributed by atoms with E-state index in [1.807, 2.05) is 0 Å². The first-order chi connectivity index (χ1) is 6.66. The van der Waals surface area contributed by atoms with Crippen molar-refractivity contribution in [3.05, 3.63) is 27.6 Å². The molecule has 14 heavy (non-hydrogen) atoms. The van der Waals surface area contributed by atoms with Crippen LogP contribution in [0.2, 0.25) is 5.15 Å². The highest BCUT2D eigenvalue weighted by molar-refractivity contribution is 9.10. The van der Waals surface area contributed by atoms with Crippen LogP contribution in [-0.2, 0) is 0 Å². The minimum atomic E-state index is 0.372. The van der Waals surface area contributed by atoms with Crippen molar-refractivity contribution >= 4 is 27.5 Å². The van der Waals surface area contributed by atoms with Gasteiger partial charge in [-0.2, -0.15) is 0 Å². The Bertz CT molecular complexity index is 471. The standard InChI is InChI=1S/C8H5BrClN3O/c1-4-12-13-8(14-4)6-3-2-5(9)7(10)11-6/h2-3H,1H3. The van der Waals surface area contributed by atoms with Crippen molar-refractivity contribution in [3.63, 3.8) is 0 Å². The van der Waals surface area contributed by atoms with E-state index >= 15 is 0 Å². The van der Waals surface area contributed by atoms with E-state index in [0.29, 0.717) is 22.6 Å². The third-order valence-electron chi connectivity index (χ3n) is 1.55. The van der Waals surface area contributed by atoms with Gasteiger partial charge in [-0.3, -0.25) is 0 Å². The number of aromatic nitrogens is 3. The molecule has 2 aromatic heterocycles. The van der Waals surface area contributed by atoms with E-state index < -0.39 is 0 Å². The van der Waals surface area contributed by atoms with Gasteiger partial charge in [0.1, 0.15) is 10.8 Å². The number of rotatable bonds is 1. The summed E-state index contributed by atoms with van der Waals surface area (Å²) in [7, 11) is 0. The molecule has 0 aliphatic rings. The minimum Gasteiger partial charge on any atom is -0.420 e. The highest BCUT2D eigenvalue weighted by Gasteiger charge is 2.09. The molecule has 0 spiro atoms. The van der Waals surface area contributed by atoms with Crippen molar-refractivity contribution in [3.8, 4) is 11.6 Å². The first kappa shape index (κ1) is 9.61. The van der Waals surface area contributed by atoms with Crippen molar-refractivity contribution in [2.45, 2.75) is 6.92 Å². The van der Waals surface area contributed by atoms with Crippen molar-refractivity contribution in [1.82, 2.24) is 15.2 Å². The van der Waals surface area contributed by atoms with Crippen LogP contribution in [0, 0.1) is 6.92 Å². The Labute approximate surface area is 93.4 Å². The number of pyridine rings is 1. The van der Waals surface area contributed by atoms with Crippen LogP contribution in [0.3, 0.4) is 0 Å². The second kappa shape index (κ2) is 3.67. The van der Waals surface area contributed by atoms with Gasteiger partial charge in [0, 0.05) is 6.92 Å². The summed E-state index contributed by atoms with van der Waals surface area (Å²) >= 11 is 9.07. The molecule has 0 bridgehead atoms. The van der Waals surface area contributed by atoms with Gasteiger partial charge < -0.3 is 4.42 Å². The van der Waals surface area contributed by atoms with Gasteiger partial charge >= 0.3 is 0 Å². The van der Waals surface area contributed by atoms with Crippen molar-refractivity contribution in [1.29, 1.82) is 0 Å². The largest absolute Gasteiger partial charge is 0.420 e. The van der Waals surface area contributed by atoms with Crippen LogP contribution in [0.4, 0.5) is 0 Å².